The number of hydrogen-bond acceptors (Lipinski definition) is 4. The summed E-state index contributed by atoms with van der Waals surface area (Å²) in [7, 11) is 0. The number of carbonyl (C=O) groups is 2. The second kappa shape index (κ2) is 9.05. The minimum absolute atomic E-state index is 0.0981. The Labute approximate surface area is 180 Å². The van der Waals surface area contributed by atoms with Gasteiger partial charge in [0.1, 0.15) is 0 Å². The van der Waals surface area contributed by atoms with E-state index in [0.29, 0.717) is 34.5 Å². The van der Waals surface area contributed by atoms with Crippen LogP contribution in [-0.4, -0.2) is 16.7 Å². The highest BCUT2D eigenvalue weighted by molar-refractivity contribution is 6.10. The van der Waals surface area contributed by atoms with Gasteiger partial charge in [0, 0.05) is 46.9 Å². The van der Waals surface area contributed by atoms with Gasteiger partial charge in [0.2, 0.25) is 0 Å². The summed E-state index contributed by atoms with van der Waals surface area (Å²) in [5.41, 5.74) is 10.7. The first kappa shape index (κ1) is 20.0. The molecular formula is C26H21N3O2. The van der Waals surface area contributed by atoms with Gasteiger partial charge in [0.25, 0.3) is 5.91 Å². The van der Waals surface area contributed by atoms with Crippen molar-refractivity contribution in [2.75, 3.05) is 11.1 Å². The third kappa shape index (κ3) is 4.67. The Hall–Kier alpha value is -4.25. The van der Waals surface area contributed by atoms with E-state index in [1.807, 2.05) is 30.3 Å². The Kier molecular flexibility index (Phi) is 5.85. The van der Waals surface area contributed by atoms with Gasteiger partial charge in [-0.25, -0.2) is 0 Å². The quantitative estimate of drug-likeness (QED) is 0.357. The number of pyridine rings is 1. The van der Waals surface area contributed by atoms with E-state index in [1.54, 1.807) is 67.0 Å². The molecule has 0 spiro atoms. The van der Waals surface area contributed by atoms with Crippen LogP contribution in [0.25, 0.3) is 0 Å². The first-order chi connectivity index (χ1) is 15.1. The maximum atomic E-state index is 13.1. The Morgan fingerprint density at radius 3 is 2.29 bits per heavy atom. The molecule has 3 N–H and O–H groups in total. The van der Waals surface area contributed by atoms with Crippen LogP contribution in [-0.2, 0) is 6.42 Å². The molecule has 31 heavy (non-hydrogen) atoms. The average molecular weight is 407 g/mol. The summed E-state index contributed by atoms with van der Waals surface area (Å²) in [6.07, 6.45) is 3.94. The van der Waals surface area contributed by atoms with Gasteiger partial charge in [-0.15, -0.1) is 0 Å². The number of anilines is 2. The monoisotopic (exact) mass is 407 g/mol. The van der Waals surface area contributed by atoms with Crippen molar-refractivity contribution in [2.45, 2.75) is 6.42 Å². The smallest absolute Gasteiger partial charge is 0.256 e. The number of carbonyl (C=O) groups excluding carboxylic acids is 2. The molecule has 0 saturated heterocycles. The molecular weight excluding hydrogens is 386 g/mol. The summed E-state index contributed by atoms with van der Waals surface area (Å²) in [6, 6.07) is 25.1. The molecule has 5 heteroatoms. The number of benzene rings is 3. The zero-order chi connectivity index (χ0) is 21.6. The lowest BCUT2D eigenvalue weighted by atomic mass is 9.98. The molecule has 5 nitrogen and oxygen atoms in total. The molecule has 1 heterocycles. The number of nitrogen functional groups attached to an aromatic ring is 1. The van der Waals surface area contributed by atoms with Crippen molar-refractivity contribution in [3.8, 4) is 0 Å². The summed E-state index contributed by atoms with van der Waals surface area (Å²) in [5.74, 6) is -0.375. The van der Waals surface area contributed by atoms with Gasteiger partial charge in [-0.2, -0.15) is 0 Å². The molecule has 0 radical (unpaired) electrons. The highest BCUT2D eigenvalue weighted by Gasteiger charge is 2.16. The lowest BCUT2D eigenvalue weighted by Crippen LogP contribution is -2.16. The summed E-state index contributed by atoms with van der Waals surface area (Å²) < 4.78 is 0. The van der Waals surface area contributed by atoms with Gasteiger partial charge in [-0.05, 0) is 47.5 Å². The second-order valence-electron chi connectivity index (χ2n) is 7.14. The molecule has 4 aromatic rings. The van der Waals surface area contributed by atoms with Crippen LogP contribution in [0, 0.1) is 0 Å². The van der Waals surface area contributed by atoms with Crippen molar-refractivity contribution in [3.63, 3.8) is 0 Å². The zero-order valence-corrected chi connectivity index (χ0v) is 16.8. The standard InChI is InChI=1S/C26H21N3O2/c27-24-11-5-10-22(23(24)16-18-12-14-28-15-13-18)26(31)29-21-9-4-8-20(17-21)25(30)19-6-2-1-3-7-19/h1-15,17H,16,27H2,(H,29,31). The van der Waals surface area contributed by atoms with Crippen LogP contribution in [0.3, 0.4) is 0 Å². The van der Waals surface area contributed by atoms with E-state index in [0.717, 1.165) is 11.1 Å². The molecule has 0 aliphatic heterocycles. The largest absolute Gasteiger partial charge is 0.398 e. The molecule has 0 atom stereocenters. The Morgan fingerprint density at radius 1 is 0.806 bits per heavy atom. The number of hydrogen-bond donors (Lipinski definition) is 2. The number of amides is 1. The fraction of sp³-hybridized carbons (Fsp3) is 0.0385. The molecule has 1 aromatic heterocycles. The number of nitrogens with zero attached hydrogens (tertiary/aromatic N) is 1. The van der Waals surface area contributed by atoms with Crippen LogP contribution in [0.15, 0.2) is 97.3 Å². The number of aromatic nitrogens is 1. The van der Waals surface area contributed by atoms with Crippen molar-refractivity contribution in [3.05, 3.63) is 125 Å². The van der Waals surface area contributed by atoms with E-state index < -0.39 is 0 Å². The van der Waals surface area contributed by atoms with Crippen molar-refractivity contribution >= 4 is 23.1 Å². The fourth-order valence-corrected chi connectivity index (χ4v) is 3.41. The van der Waals surface area contributed by atoms with Gasteiger partial charge in [0.05, 0.1) is 0 Å². The number of ketones is 1. The molecule has 3 aromatic carbocycles. The third-order valence-corrected chi connectivity index (χ3v) is 5.01. The van der Waals surface area contributed by atoms with E-state index >= 15 is 0 Å². The highest BCUT2D eigenvalue weighted by Crippen LogP contribution is 2.23. The fourth-order valence-electron chi connectivity index (χ4n) is 3.41. The summed E-state index contributed by atoms with van der Waals surface area (Å²) in [6.45, 7) is 0. The van der Waals surface area contributed by atoms with Crippen LogP contribution >= 0.6 is 0 Å². The third-order valence-electron chi connectivity index (χ3n) is 5.01. The first-order valence-corrected chi connectivity index (χ1v) is 9.89. The molecule has 0 saturated carbocycles. The van der Waals surface area contributed by atoms with Crippen LogP contribution in [0.4, 0.5) is 11.4 Å². The van der Waals surface area contributed by atoms with E-state index in [2.05, 4.69) is 10.3 Å². The second-order valence-corrected chi connectivity index (χ2v) is 7.14. The topological polar surface area (TPSA) is 85.1 Å². The number of nitrogens with two attached hydrogens (primary N) is 1. The average Bonchev–Trinajstić information content (AvgIpc) is 2.81. The van der Waals surface area contributed by atoms with Crippen molar-refractivity contribution in [1.82, 2.24) is 4.98 Å². The van der Waals surface area contributed by atoms with Crippen molar-refractivity contribution in [2.24, 2.45) is 0 Å². The number of nitrogens with one attached hydrogen (secondary N) is 1. The van der Waals surface area contributed by atoms with E-state index in [-0.39, 0.29) is 11.7 Å². The van der Waals surface area contributed by atoms with Gasteiger partial charge in [-0.1, -0.05) is 48.5 Å². The molecule has 0 aliphatic carbocycles. The predicted octanol–water partition coefficient (Wildman–Crippen LogP) is 4.74. The molecule has 0 bridgehead atoms. The van der Waals surface area contributed by atoms with Gasteiger partial charge in [0.15, 0.2) is 5.78 Å². The molecule has 0 unspecified atom stereocenters. The van der Waals surface area contributed by atoms with Crippen LogP contribution in [0.5, 0.6) is 0 Å². The van der Waals surface area contributed by atoms with E-state index in [4.69, 9.17) is 5.73 Å². The summed E-state index contributed by atoms with van der Waals surface area (Å²) >= 11 is 0. The lowest BCUT2D eigenvalue weighted by Gasteiger charge is -2.13. The van der Waals surface area contributed by atoms with Crippen LogP contribution in [0.1, 0.15) is 37.4 Å². The van der Waals surface area contributed by atoms with Crippen molar-refractivity contribution in [1.29, 1.82) is 0 Å². The Balaban J connectivity index is 1.58. The van der Waals surface area contributed by atoms with Gasteiger partial charge >= 0.3 is 0 Å². The normalized spacial score (nSPS) is 10.5. The maximum Gasteiger partial charge on any atom is 0.256 e. The van der Waals surface area contributed by atoms with Crippen molar-refractivity contribution < 1.29 is 9.59 Å². The summed E-state index contributed by atoms with van der Waals surface area (Å²) in [4.78, 5) is 29.8. The molecule has 0 aliphatic rings. The van der Waals surface area contributed by atoms with Crippen LogP contribution in [0.2, 0.25) is 0 Å². The molecule has 152 valence electrons. The SMILES string of the molecule is Nc1cccc(C(=O)Nc2cccc(C(=O)c3ccccc3)c2)c1Cc1ccncc1. The minimum Gasteiger partial charge on any atom is -0.398 e. The maximum absolute atomic E-state index is 13.1. The van der Waals surface area contributed by atoms with Crippen LogP contribution < -0.4 is 11.1 Å². The lowest BCUT2D eigenvalue weighted by molar-refractivity contribution is 0.102. The zero-order valence-electron chi connectivity index (χ0n) is 16.8. The highest BCUT2D eigenvalue weighted by atomic mass is 16.1. The van der Waals surface area contributed by atoms with E-state index in [9.17, 15) is 9.59 Å². The first-order valence-electron chi connectivity index (χ1n) is 9.89. The van der Waals surface area contributed by atoms with Gasteiger partial charge < -0.3 is 11.1 Å². The molecule has 4 rings (SSSR count). The summed E-state index contributed by atoms with van der Waals surface area (Å²) in [5, 5.41) is 2.90. The Morgan fingerprint density at radius 2 is 1.52 bits per heavy atom. The Bertz CT molecular complexity index is 1220. The predicted molar refractivity (Wildman–Crippen MR) is 122 cm³/mol. The minimum atomic E-state index is -0.277. The van der Waals surface area contributed by atoms with E-state index in [1.165, 1.54) is 0 Å². The molecule has 1 amide bonds. The number of rotatable bonds is 6. The molecule has 0 fully saturated rings. The van der Waals surface area contributed by atoms with Gasteiger partial charge in [-0.3, -0.25) is 14.6 Å².